The Morgan fingerprint density at radius 1 is 1.06 bits per heavy atom. The van der Waals surface area contributed by atoms with Gasteiger partial charge in [0.15, 0.2) is 0 Å². The van der Waals surface area contributed by atoms with Crippen LogP contribution in [0.15, 0.2) is 36.0 Å². The third-order valence-electron chi connectivity index (χ3n) is 3.55. The van der Waals surface area contributed by atoms with Crippen molar-refractivity contribution in [1.29, 1.82) is 0 Å². The van der Waals surface area contributed by atoms with Crippen LogP contribution in [0.3, 0.4) is 0 Å². The molecule has 0 amide bonds. The molecule has 4 nitrogen and oxygen atoms in total. The predicted molar refractivity (Wildman–Crippen MR) is 65.4 cm³/mol. The Kier molecular flexibility index (Phi) is 3.90. The van der Waals surface area contributed by atoms with Crippen LogP contribution in [0.1, 0.15) is 19.3 Å². The minimum absolute atomic E-state index is 0.0444. The lowest BCUT2D eigenvalue weighted by atomic mass is 9.92. The molecule has 1 aliphatic heterocycles. The van der Waals surface area contributed by atoms with Gasteiger partial charge in [-0.3, -0.25) is 0 Å². The molecule has 0 N–H and O–H groups in total. The predicted octanol–water partition coefficient (Wildman–Crippen LogP) is 2.49. The number of fused-ring (bicyclic) bond motifs is 2. The maximum atomic E-state index is 5.58. The summed E-state index contributed by atoms with van der Waals surface area (Å²) in [5.41, 5.74) is 1.05. The van der Waals surface area contributed by atoms with E-state index in [0.29, 0.717) is 19.1 Å². The van der Waals surface area contributed by atoms with Gasteiger partial charge in [-0.2, -0.15) is 0 Å². The number of hydrogen-bond acceptors (Lipinski definition) is 4. The van der Waals surface area contributed by atoms with Gasteiger partial charge in [0, 0.05) is 5.92 Å². The van der Waals surface area contributed by atoms with E-state index in [-0.39, 0.29) is 12.2 Å². The summed E-state index contributed by atoms with van der Waals surface area (Å²) in [6, 6.07) is 0. The zero-order valence-electron chi connectivity index (χ0n) is 10.3. The number of hydrogen-bond donors (Lipinski definition) is 0. The average molecular weight is 250 g/mol. The fraction of sp³-hybridized carbons (Fsp3) is 0.571. The van der Waals surface area contributed by atoms with Crippen molar-refractivity contribution in [3.63, 3.8) is 0 Å². The molecule has 3 atom stereocenters. The van der Waals surface area contributed by atoms with Crippen molar-refractivity contribution < 1.29 is 19.6 Å². The van der Waals surface area contributed by atoms with Crippen molar-refractivity contribution in [2.75, 3.05) is 13.2 Å². The summed E-state index contributed by atoms with van der Waals surface area (Å²) in [4.78, 5) is 21.7. The van der Waals surface area contributed by atoms with E-state index in [2.05, 4.69) is 24.3 Å². The third kappa shape index (κ3) is 2.72. The molecule has 0 aromatic rings. The molecule has 0 bridgehead atoms. The summed E-state index contributed by atoms with van der Waals surface area (Å²) in [6.45, 7) is 0.984. The lowest BCUT2D eigenvalue weighted by molar-refractivity contribution is -0.361. The van der Waals surface area contributed by atoms with Crippen molar-refractivity contribution in [1.82, 2.24) is 0 Å². The van der Waals surface area contributed by atoms with Crippen molar-refractivity contribution in [3.8, 4) is 0 Å². The van der Waals surface area contributed by atoms with Gasteiger partial charge in [-0.1, -0.05) is 30.4 Å². The molecule has 0 saturated carbocycles. The Hall–Kier alpha value is -0.940. The maximum Gasteiger partial charge on any atom is 0.135 e. The monoisotopic (exact) mass is 250 g/mol. The normalized spacial score (nSPS) is 36.4. The Morgan fingerprint density at radius 2 is 2.06 bits per heavy atom. The summed E-state index contributed by atoms with van der Waals surface area (Å²) >= 11 is 0. The van der Waals surface area contributed by atoms with E-state index in [4.69, 9.17) is 19.6 Å². The molecule has 2 aliphatic carbocycles. The molecule has 1 saturated heterocycles. The summed E-state index contributed by atoms with van der Waals surface area (Å²) in [7, 11) is 0. The number of rotatable bonds is 0. The third-order valence-corrected chi connectivity index (χ3v) is 3.55. The fourth-order valence-electron chi connectivity index (χ4n) is 2.42. The van der Waals surface area contributed by atoms with Crippen molar-refractivity contribution in [2.45, 2.75) is 31.5 Å². The molecule has 3 aliphatic rings. The average Bonchev–Trinajstić information content (AvgIpc) is 2.44. The summed E-state index contributed by atoms with van der Waals surface area (Å²) in [5.74, 6) is 0.299. The van der Waals surface area contributed by atoms with Gasteiger partial charge in [-0.15, -0.1) is 0 Å². The quantitative estimate of drug-likeness (QED) is 0.489. The van der Waals surface area contributed by atoms with E-state index < -0.39 is 0 Å². The van der Waals surface area contributed by atoms with Crippen molar-refractivity contribution in [3.05, 3.63) is 36.0 Å². The van der Waals surface area contributed by atoms with Crippen LogP contribution in [-0.2, 0) is 19.6 Å². The highest BCUT2D eigenvalue weighted by atomic mass is 17.2. The summed E-state index contributed by atoms with van der Waals surface area (Å²) in [6.07, 6.45) is 13.1. The van der Waals surface area contributed by atoms with Gasteiger partial charge >= 0.3 is 0 Å². The van der Waals surface area contributed by atoms with E-state index in [1.165, 1.54) is 0 Å². The van der Waals surface area contributed by atoms with Crippen LogP contribution in [0.5, 0.6) is 0 Å². The lowest BCUT2D eigenvalue weighted by Gasteiger charge is -2.29. The van der Waals surface area contributed by atoms with Crippen molar-refractivity contribution in [2.24, 2.45) is 5.92 Å². The van der Waals surface area contributed by atoms with Crippen LogP contribution in [0, 0.1) is 5.92 Å². The first kappa shape index (κ1) is 12.1. The second-order valence-electron chi connectivity index (χ2n) is 4.83. The van der Waals surface area contributed by atoms with Crippen LogP contribution >= 0.6 is 0 Å². The Labute approximate surface area is 107 Å². The van der Waals surface area contributed by atoms with E-state index in [1.807, 2.05) is 6.08 Å². The van der Waals surface area contributed by atoms with Crippen LogP contribution < -0.4 is 0 Å². The minimum Gasteiger partial charge on any atom is -0.236 e. The van der Waals surface area contributed by atoms with Crippen LogP contribution in [0.25, 0.3) is 0 Å². The van der Waals surface area contributed by atoms with Crippen molar-refractivity contribution >= 4 is 0 Å². The molecule has 0 aromatic carbocycles. The molecule has 0 spiro atoms. The van der Waals surface area contributed by atoms with Gasteiger partial charge in [-0.25, -0.2) is 19.6 Å². The largest absolute Gasteiger partial charge is 0.236 e. The van der Waals surface area contributed by atoms with Gasteiger partial charge in [0.25, 0.3) is 0 Å². The number of allylic oxidation sites excluding steroid dienone is 3. The molecule has 18 heavy (non-hydrogen) atoms. The molecular formula is C14H18O4. The summed E-state index contributed by atoms with van der Waals surface area (Å²) < 4.78 is 0. The first-order chi connectivity index (χ1) is 8.93. The SMILES string of the molecule is C1=CC2OOC3C=CCCC3COOCC2=CC1. The lowest BCUT2D eigenvalue weighted by Crippen LogP contribution is -2.32. The Morgan fingerprint density at radius 3 is 3.06 bits per heavy atom. The molecule has 3 rings (SSSR count). The molecule has 0 radical (unpaired) electrons. The topological polar surface area (TPSA) is 36.9 Å². The second kappa shape index (κ2) is 5.80. The smallest absolute Gasteiger partial charge is 0.135 e. The van der Waals surface area contributed by atoms with Crippen LogP contribution in [0.4, 0.5) is 0 Å². The van der Waals surface area contributed by atoms with Gasteiger partial charge in [0.2, 0.25) is 0 Å². The molecule has 1 heterocycles. The van der Waals surface area contributed by atoms with Gasteiger partial charge < -0.3 is 0 Å². The molecule has 1 fully saturated rings. The molecule has 0 aromatic heterocycles. The Balaban J connectivity index is 1.71. The van der Waals surface area contributed by atoms with Gasteiger partial charge in [0.05, 0.1) is 6.61 Å². The van der Waals surface area contributed by atoms with E-state index in [0.717, 1.165) is 24.8 Å². The zero-order chi connectivity index (χ0) is 12.2. The molecule has 98 valence electrons. The van der Waals surface area contributed by atoms with E-state index in [1.54, 1.807) is 0 Å². The van der Waals surface area contributed by atoms with Gasteiger partial charge in [-0.05, 0) is 24.8 Å². The maximum absolute atomic E-state index is 5.58. The highest BCUT2D eigenvalue weighted by Gasteiger charge is 2.27. The minimum atomic E-state index is -0.156. The zero-order valence-corrected chi connectivity index (χ0v) is 10.3. The summed E-state index contributed by atoms with van der Waals surface area (Å²) in [5, 5.41) is 0. The highest BCUT2D eigenvalue weighted by Crippen LogP contribution is 2.26. The highest BCUT2D eigenvalue weighted by molar-refractivity contribution is 5.22. The first-order valence-electron chi connectivity index (χ1n) is 6.52. The molecular weight excluding hydrogens is 232 g/mol. The van der Waals surface area contributed by atoms with Crippen LogP contribution in [0.2, 0.25) is 0 Å². The van der Waals surface area contributed by atoms with E-state index in [9.17, 15) is 0 Å². The molecule has 3 unspecified atom stereocenters. The van der Waals surface area contributed by atoms with E-state index >= 15 is 0 Å². The second-order valence-corrected chi connectivity index (χ2v) is 4.83. The Bertz CT molecular complexity index is 372. The van der Waals surface area contributed by atoms with Gasteiger partial charge in [0.1, 0.15) is 18.8 Å². The first-order valence-corrected chi connectivity index (χ1v) is 6.52. The molecule has 4 heteroatoms. The van der Waals surface area contributed by atoms with Crippen LogP contribution in [-0.4, -0.2) is 25.4 Å². The fourth-order valence-corrected chi connectivity index (χ4v) is 2.42. The standard InChI is InChI=1S/C14H18O4/c1-3-7-13-11(5-1)9-15-16-10-12-6-2-4-8-14(12)18-17-13/h3-5,7-8,12-14H,1-2,6,9-10H2.